The Labute approximate surface area is 148 Å². The summed E-state index contributed by atoms with van der Waals surface area (Å²) in [5, 5.41) is 2.93. The first kappa shape index (κ1) is 19.1. The van der Waals surface area contributed by atoms with Crippen LogP contribution in [-0.4, -0.2) is 37.7 Å². The van der Waals surface area contributed by atoms with Crippen LogP contribution in [0.5, 0.6) is 11.5 Å². The highest BCUT2D eigenvalue weighted by atomic mass is 16.5. The molecule has 6 nitrogen and oxygen atoms in total. The maximum atomic E-state index is 12.3. The Morgan fingerprint density at radius 2 is 1.96 bits per heavy atom. The van der Waals surface area contributed by atoms with Crippen molar-refractivity contribution in [2.24, 2.45) is 0 Å². The van der Waals surface area contributed by atoms with Gasteiger partial charge in [-0.1, -0.05) is 19.8 Å². The third kappa shape index (κ3) is 5.37. The van der Waals surface area contributed by atoms with Crippen molar-refractivity contribution in [3.8, 4) is 11.5 Å². The maximum absolute atomic E-state index is 12.3. The molecule has 1 atom stereocenters. The molecule has 6 heteroatoms. The van der Waals surface area contributed by atoms with Gasteiger partial charge in [-0.25, -0.2) is 4.79 Å². The van der Waals surface area contributed by atoms with Crippen molar-refractivity contribution in [1.29, 1.82) is 0 Å². The number of hydrogen-bond donors (Lipinski definition) is 1. The van der Waals surface area contributed by atoms with Gasteiger partial charge in [0.05, 0.1) is 19.3 Å². The zero-order valence-electron chi connectivity index (χ0n) is 15.2. The number of ether oxygens (including phenoxy) is 3. The minimum absolute atomic E-state index is 0.198. The summed E-state index contributed by atoms with van der Waals surface area (Å²) in [5.74, 6) is 0.225. The van der Waals surface area contributed by atoms with Gasteiger partial charge in [0.1, 0.15) is 0 Å². The number of methoxy groups -OCH3 is 1. The van der Waals surface area contributed by atoms with E-state index in [2.05, 4.69) is 5.32 Å². The molecule has 1 aliphatic rings. The van der Waals surface area contributed by atoms with Gasteiger partial charge in [0, 0.05) is 6.04 Å². The molecule has 0 aromatic heterocycles. The molecule has 0 saturated heterocycles. The van der Waals surface area contributed by atoms with E-state index in [0.29, 0.717) is 23.7 Å². The fourth-order valence-electron chi connectivity index (χ4n) is 2.80. The summed E-state index contributed by atoms with van der Waals surface area (Å²) in [4.78, 5) is 24.4. The summed E-state index contributed by atoms with van der Waals surface area (Å²) in [5.41, 5.74) is 0.321. The van der Waals surface area contributed by atoms with E-state index >= 15 is 0 Å². The van der Waals surface area contributed by atoms with Crippen LogP contribution in [0, 0.1) is 0 Å². The van der Waals surface area contributed by atoms with Crippen molar-refractivity contribution in [1.82, 2.24) is 5.32 Å². The van der Waals surface area contributed by atoms with Crippen molar-refractivity contribution in [3.63, 3.8) is 0 Å². The minimum Gasteiger partial charge on any atom is -0.493 e. The summed E-state index contributed by atoms with van der Waals surface area (Å²) < 4.78 is 16.1. The highest BCUT2D eigenvalue weighted by molar-refractivity contribution is 5.92. The van der Waals surface area contributed by atoms with Crippen LogP contribution >= 0.6 is 0 Å². The second kappa shape index (κ2) is 9.30. The van der Waals surface area contributed by atoms with Crippen LogP contribution in [-0.2, 0) is 9.53 Å². The maximum Gasteiger partial charge on any atom is 0.339 e. The van der Waals surface area contributed by atoms with Gasteiger partial charge in [-0.15, -0.1) is 0 Å². The number of carbonyl (C=O) groups excluding carboxylic acids is 2. The quantitative estimate of drug-likeness (QED) is 0.730. The first-order valence-corrected chi connectivity index (χ1v) is 8.87. The Balaban J connectivity index is 1.95. The highest BCUT2D eigenvalue weighted by Crippen LogP contribution is 2.28. The van der Waals surface area contributed by atoms with Crippen LogP contribution in [0.25, 0.3) is 0 Å². The minimum atomic E-state index is -0.838. The molecule has 1 aliphatic carbocycles. The molecule has 0 heterocycles. The lowest BCUT2D eigenvalue weighted by Crippen LogP contribution is -2.40. The van der Waals surface area contributed by atoms with Crippen LogP contribution in [0.1, 0.15) is 56.3 Å². The molecular formula is C19H27NO5. The highest BCUT2D eigenvalue weighted by Gasteiger charge is 2.24. The zero-order valence-corrected chi connectivity index (χ0v) is 15.2. The molecule has 1 amide bonds. The molecule has 1 fully saturated rings. The molecule has 1 aromatic carbocycles. The zero-order chi connectivity index (χ0) is 18.2. The smallest absolute Gasteiger partial charge is 0.339 e. The van der Waals surface area contributed by atoms with Gasteiger partial charge in [0.25, 0.3) is 5.91 Å². The van der Waals surface area contributed by atoms with Crippen molar-refractivity contribution in [2.75, 3.05) is 13.7 Å². The second-order valence-electron chi connectivity index (χ2n) is 6.25. The van der Waals surface area contributed by atoms with Crippen LogP contribution in [0.2, 0.25) is 0 Å². The van der Waals surface area contributed by atoms with Gasteiger partial charge in [-0.2, -0.15) is 0 Å². The molecule has 0 bridgehead atoms. The fraction of sp³-hybridized carbons (Fsp3) is 0.579. The molecule has 0 unspecified atom stereocenters. The normalized spacial score (nSPS) is 15.5. The number of amides is 1. The number of benzene rings is 1. The number of carbonyl (C=O) groups is 2. The third-order valence-corrected chi connectivity index (χ3v) is 4.22. The van der Waals surface area contributed by atoms with E-state index in [-0.39, 0.29) is 11.9 Å². The SMILES string of the molecule is CCCOc1ccc(C(=O)O[C@@H](C)C(=O)NC2CCCC2)cc1OC. The lowest BCUT2D eigenvalue weighted by Gasteiger charge is -2.17. The van der Waals surface area contributed by atoms with Crippen LogP contribution in [0.15, 0.2) is 18.2 Å². The Hall–Kier alpha value is -2.24. The number of rotatable bonds is 8. The summed E-state index contributed by atoms with van der Waals surface area (Å²) in [6.07, 6.45) is 4.28. The number of hydrogen-bond acceptors (Lipinski definition) is 5. The lowest BCUT2D eigenvalue weighted by atomic mass is 10.2. The predicted octanol–water partition coefficient (Wildman–Crippen LogP) is 3.09. The second-order valence-corrected chi connectivity index (χ2v) is 6.25. The standard InChI is InChI=1S/C19H27NO5/c1-4-11-24-16-10-9-14(12-17(16)23-3)19(22)25-13(2)18(21)20-15-7-5-6-8-15/h9-10,12-13,15H,4-8,11H2,1-3H3,(H,20,21)/t13-/m0/s1. The fourth-order valence-corrected chi connectivity index (χ4v) is 2.80. The molecule has 0 radical (unpaired) electrons. The molecular weight excluding hydrogens is 322 g/mol. The number of nitrogens with one attached hydrogen (secondary N) is 1. The molecule has 0 aliphatic heterocycles. The Morgan fingerprint density at radius 1 is 1.24 bits per heavy atom. The first-order valence-electron chi connectivity index (χ1n) is 8.87. The van der Waals surface area contributed by atoms with Gasteiger partial charge < -0.3 is 19.5 Å². The van der Waals surface area contributed by atoms with E-state index in [1.807, 2.05) is 6.92 Å². The van der Waals surface area contributed by atoms with Gasteiger partial charge >= 0.3 is 5.97 Å². The van der Waals surface area contributed by atoms with Crippen LogP contribution < -0.4 is 14.8 Å². The molecule has 25 heavy (non-hydrogen) atoms. The monoisotopic (exact) mass is 349 g/mol. The molecule has 1 aromatic rings. The van der Waals surface area contributed by atoms with E-state index < -0.39 is 12.1 Å². The summed E-state index contributed by atoms with van der Waals surface area (Å²) >= 11 is 0. The Morgan fingerprint density at radius 3 is 2.60 bits per heavy atom. The molecule has 2 rings (SSSR count). The topological polar surface area (TPSA) is 73.9 Å². The van der Waals surface area contributed by atoms with Gasteiger partial charge in [0.15, 0.2) is 17.6 Å². The van der Waals surface area contributed by atoms with Crippen molar-refractivity contribution in [2.45, 2.75) is 58.1 Å². The van der Waals surface area contributed by atoms with E-state index in [1.54, 1.807) is 25.1 Å². The average Bonchev–Trinajstić information content (AvgIpc) is 3.12. The van der Waals surface area contributed by atoms with Gasteiger partial charge in [0.2, 0.25) is 0 Å². The predicted molar refractivity (Wildman–Crippen MR) is 94.1 cm³/mol. The third-order valence-electron chi connectivity index (χ3n) is 4.22. The van der Waals surface area contributed by atoms with Crippen LogP contribution in [0.4, 0.5) is 0 Å². The molecule has 138 valence electrons. The van der Waals surface area contributed by atoms with Crippen molar-refractivity contribution in [3.05, 3.63) is 23.8 Å². The van der Waals surface area contributed by atoms with E-state index in [4.69, 9.17) is 14.2 Å². The van der Waals surface area contributed by atoms with E-state index in [9.17, 15) is 9.59 Å². The number of esters is 1. The molecule has 0 spiro atoms. The van der Waals surface area contributed by atoms with Crippen molar-refractivity contribution < 1.29 is 23.8 Å². The van der Waals surface area contributed by atoms with Gasteiger partial charge in [-0.3, -0.25) is 4.79 Å². The largest absolute Gasteiger partial charge is 0.493 e. The Kier molecular flexibility index (Phi) is 7.10. The summed E-state index contributed by atoms with van der Waals surface area (Å²) in [6, 6.07) is 5.05. The van der Waals surface area contributed by atoms with E-state index in [0.717, 1.165) is 32.1 Å². The lowest BCUT2D eigenvalue weighted by molar-refractivity contribution is -0.129. The Bertz CT molecular complexity index is 595. The van der Waals surface area contributed by atoms with Gasteiger partial charge in [-0.05, 0) is 44.4 Å². The molecule has 1 saturated carbocycles. The first-order chi connectivity index (χ1) is 12.0. The summed E-state index contributed by atoms with van der Waals surface area (Å²) in [6.45, 7) is 4.16. The van der Waals surface area contributed by atoms with E-state index in [1.165, 1.54) is 7.11 Å². The van der Waals surface area contributed by atoms with Crippen molar-refractivity contribution >= 4 is 11.9 Å². The summed E-state index contributed by atoms with van der Waals surface area (Å²) in [7, 11) is 1.51. The molecule has 1 N–H and O–H groups in total. The van der Waals surface area contributed by atoms with Crippen LogP contribution in [0.3, 0.4) is 0 Å². The average molecular weight is 349 g/mol.